The quantitative estimate of drug-likeness (QED) is 0.121. The van der Waals surface area contributed by atoms with Crippen molar-refractivity contribution in [3.63, 3.8) is 0 Å². The Balaban J connectivity index is 1.65. The minimum Gasteiger partial charge on any atom is -0.469 e. The van der Waals surface area contributed by atoms with Crippen molar-refractivity contribution in [2.45, 2.75) is 46.8 Å². The smallest absolute Gasteiger partial charge is 0.309 e. The molecule has 0 spiro atoms. The van der Waals surface area contributed by atoms with Crippen molar-refractivity contribution >= 4 is 46.3 Å². The van der Waals surface area contributed by atoms with Crippen LogP contribution in [-0.4, -0.2) is 35.2 Å². The Bertz CT molecular complexity index is 1590. The third-order valence-electron chi connectivity index (χ3n) is 7.62. The van der Waals surface area contributed by atoms with E-state index in [2.05, 4.69) is 0 Å². The molecule has 2 heterocycles. The summed E-state index contributed by atoms with van der Waals surface area (Å²) in [4.78, 5) is 40.2. The van der Waals surface area contributed by atoms with Crippen molar-refractivity contribution < 1.29 is 23.9 Å². The molecule has 0 aliphatic carbocycles. The summed E-state index contributed by atoms with van der Waals surface area (Å²) < 4.78 is 13.1. The number of methoxy groups -OCH3 is 1. The fourth-order valence-corrected chi connectivity index (χ4v) is 5.37. The molecule has 0 aliphatic heterocycles. The van der Waals surface area contributed by atoms with Crippen molar-refractivity contribution in [2.75, 3.05) is 7.11 Å². The first kappa shape index (κ1) is 31.5. The number of ketones is 2. The first-order chi connectivity index (χ1) is 19.9. The molecule has 0 bridgehead atoms. The Hall–Kier alpha value is -3.45. The minimum absolute atomic E-state index is 0.110. The molecular formula is C34H35Cl2NO5. The monoisotopic (exact) mass is 607 g/mol. The lowest BCUT2D eigenvalue weighted by molar-refractivity contribution is -0.146. The molecule has 0 N–H and O–H groups in total. The maximum absolute atomic E-state index is 14.1. The second-order valence-electron chi connectivity index (χ2n) is 11.4. The van der Waals surface area contributed by atoms with Gasteiger partial charge in [0.1, 0.15) is 6.10 Å². The number of pyridine rings is 1. The lowest BCUT2D eigenvalue weighted by atomic mass is 9.76. The van der Waals surface area contributed by atoms with Gasteiger partial charge in [0.15, 0.2) is 11.6 Å². The van der Waals surface area contributed by atoms with Crippen LogP contribution in [0, 0.1) is 17.3 Å². The molecule has 0 amide bonds. The molecule has 0 aliphatic rings. The number of benzene rings is 2. The van der Waals surface area contributed by atoms with Crippen molar-refractivity contribution in [3.05, 3.63) is 111 Å². The molecule has 2 atom stereocenters. The van der Waals surface area contributed by atoms with E-state index in [1.54, 1.807) is 38.1 Å². The highest BCUT2D eigenvalue weighted by atomic mass is 35.5. The third-order valence-corrected chi connectivity index (χ3v) is 8.36. The van der Waals surface area contributed by atoms with Gasteiger partial charge in [-0.15, -0.1) is 0 Å². The first-order valence-electron chi connectivity index (χ1n) is 13.8. The van der Waals surface area contributed by atoms with E-state index < -0.39 is 11.5 Å². The normalized spacial score (nSPS) is 13.2. The summed E-state index contributed by atoms with van der Waals surface area (Å²) in [6.45, 7) is 7.57. The van der Waals surface area contributed by atoms with Gasteiger partial charge in [0.25, 0.3) is 0 Å². The topological polar surface area (TPSA) is 74.1 Å². The molecule has 6 nitrogen and oxygen atoms in total. The maximum Gasteiger partial charge on any atom is 0.309 e. The van der Waals surface area contributed by atoms with Crippen LogP contribution in [0.5, 0.6) is 0 Å². The van der Waals surface area contributed by atoms with Gasteiger partial charge >= 0.3 is 5.97 Å². The van der Waals surface area contributed by atoms with Crippen LogP contribution in [0.1, 0.15) is 59.5 Å². The summed E-state index contributed by atoms with van der Waals surface area (Å²) in [7, 11) is 1.40. The van der Waals surface area contributed by atoms with Gasteiger partial charge < -0.3 is 13.9 Å². The molecule has 4 aromatic rings. The summed E-state index contributed by atoms with van der Waals surface area (Å²) in [5.41, 5.74) is 2.15. The number of rotatable bonds is 12. The number of nitrogens with zero attached hydrogens (tertiary/aromatic N) is 1. The Labute approximate surface area is 256 Å². The van der Waals surface area contributed by atoms with E-state index in [0.717, 1.165) is 16.6 Å². The van der Waals surface area contributed by atoms with Gasteiger partial charge in [0.2, 0.25) is 0 Å². The SMILES string of the molecule is COC(=O)C(Cc1cc2cc(C(=O)C(C)(C)C(OCc3ccccc3)C(=O)c3ccc(Cl)c(Cl)c3)ccn2c1)C(C)C. The van der Waals surface area contributed by atoms with Crippen molar-refractivity contribution in [2.24, 2.45) is 17.3 Å². The zero-order valence-corrected chi connectivity index (χ0v) is 25.9. The molecule has 0 saturated heterocycles. The predicted molar refractivity (Wildman–Crippen MR) is 165 cm³/mol. The number of carbonyl (C=O) groups excluding carboxylic acids is 3. The second kappa shape index (κ2) is 13.2. The number of Topliss-reactive ketones (excluding diaryl/α,β-unsaturated/α-hetero) is 2. The number of ether oxygens (including phenoxy) is 2. The molecule has 4 rings (SSSR count). The van der Waals surface area contributed by atoms with E-state index in [9.17, 15) is 14.4 Å². The minimum atomic E-state index is -1.24. The fraction of sp³-hybridized carbons (Fsp3) is 0.324. The van der Waals surface area contributed by atoms with Gasteiger partial charge in [-0.2, -0.15) is 0 Å². The van der Waals surface area contributed by atoms with E-state index in [1.165, 1.54) is 13.2 Å². The molecule has 0 radical (unpaired) electrons. The second-order valence-corrected chi connectivity index (χ2v) is 12.2. The van der Waals surface area contributed by atoms with Crippen molar-refractivity contribution in [3.8, 4) is 0 Å². The summed E-state index contributed by atoms with van der Waals surface area (Å²) in [5, 5.41) is 0.575. The first-order valence-corrected chi connectivity index (χ1v) is 14.6. The van der Waals surface area contributed by atoms with Crippen LogP contribution >= 0.6 is 23.2 Å². The molecule has 0 saturated carbocycles. The number of halogens is 2. The van der Waals surface area contributed by atoms with E-state index in [1.807, 2.05) is 67.0 Å². The number of hydrogen-bond donors (Lipinski definition) is 0. The molecule has 42 heavy (non-hydrogen) atoms. The van der Waals surface area contributed by atoms with Gasteiger partial charge in [0.05, 0.1) is 35.1 Å². The van der Waals surface area contributed by atoms with E-state index in [0.29, 0.717) is 22.6 Å². The third kappa shape index (κ3) is 6.95. The van der Waals surface area contributed by atoms with Crippen LogP contribution in [0.25, 0.3) is 5.52 Å². The Morgan fingerprint density at radius 2 is 1.60 bits per heavy atom. The van der Waals surface area contributed by atoms with Crippen LogP contribution in [0.15, 0.2) is 79.1 Å². The molecule has 0 fully saturated rings. The molecular weight excluding hydrogens is 573 g/mol. The van der Waals surface area contributed by atoms with E-state index >= 15 is 0 Å². The molecule has 2 unspecified atom stereocenters. The largest absolute Gasteiger partial charge is 0.469 e. The molecule has 220 valence electrons. The average Bonchev–Trinajstić information content (AvgIpc) is 3.38. The summed E-state index contributed by atoms with van der Waals surface area (Å²) in [5.74, 6) is -1.02. The Morgan fingerprint density at radius 3 is 2.24 bits per heavy atom. The van der Waals surface area contributed by atoms with Crippen LogP contribution in [0.3, 0.4) is 0 Å². The highest BCUT2D eigenvalue weighted by Gasteiger charge is 2.43. The van der Waals surface area contributed by atoms with Crippen LogP contribution in [-0.2, 0) is 27.3 Å². The maximum atomic E-state index is 14.1. The zero-order valence-electron chi connectivity index (χ0n) is 24.4. The van der Waals surface area contributed by atoms with Gasteiger partial charge in [-0.3, -0.25) is 14.4 Å². The number of fused-ring (bicyclic) bond motifs is 1. The standard InChI is InChI=1S/C34H35Cl2NO5/c1-21(2)27(33(40)41-5)16-23-15-26-17-25(13-14-37(26)19-23)31(39)34(3,4)32(42-20-22-9-7-6-8-10-22)30(38)24-11-12-28(35)29(36)18-24/h6-15,17-19,21,27,32H,16,20H2,1-5H3. The highest BCUT2D eigenvalue weighted by Crippen LogP contribution is 2.34. The predicted octanol–water partition coefficient (Wildman–Crippen LogP) is 7.91. The van der Waals surface area contributed by atoms with Crippen molar-refractivity contribution in [1.29, 1.82) is 0 Å². The van der Waals surface area contributed by atoms with Crippen LogP contribution in [0.2, 0.25) is 10.0 Å². The van der Waals surface area contributed by atoms with Crippen molar-refractivity contribution in [1.82, 2.24) is 4.40 Å². The summed E-state index contributed by atoms with van der Waals surface area (Å²) in [6, 6.07) is 19.6. The summed E-state index contributed by atoms with van der Waals surface area (Å²) >= 11 is 12.3. The van der Waals surface area contributed by atoms with Crippen LogP contribution in [0.4, 0.5) is 0 Å². The van der Waals surface area contributed by atoms with Crippen LogP contribution < -0.4 is 0 Å². The Morgan fingerprint density at radius 1 is 0.881 bits per heavy atom. The summed E-state index contributed by atoms with van der Waals surface area (Å²) in [6.07, 6.45) is 3.18. The number of carbonyl (C=O) groups is 3. The number of hydrogen-bond acceptors (Lipinski definition) is 5. The lowest BCUT2D eigenvalue weighted by Gasteiger charge is -2.32. The number of aromatic nitrogens is 1. The number of esters is 1. The molecule has 2 aromatic heterocycles. The zero-order chi connectivity index (χ0) is 30.6. The lowest BCUT2D eigenvalue weighted by Crippen LogP contribution is -2.44. The van der Waals surface area contributed by atoms with Gasteiger partial charge in [-0.25, -0.2) is 0 Å². The van der Waals surface area contributed by atoms with E-state index in [-0.39, 0.29) is 41.0 Å². The van der Waals surface area contributed by atoms with Gasteiger partial charge in [0, 0.05) is 29.0 Å². The Kier molecular flexibility index (Phi) is 9.93. The van der Waals surface area contributed by atoms with E-state index in [4.69, 9.17) is 32.7 Å². The average molecular weight is 609 g/mol. The molecule has 8 heteroatoms. The highest BCUT2D eigenvalue weighted by molar-refractivity contribution is 6.42. The van der Waals surface area contributed by atoms with Gasteiger partial charge in [-0.1, -0.05) is 67.4 Å². The fourth-order valence-electron chi connectivity index (χ4n) is 5.08. The van der Waals surface area contributed by atoms with Gasteiger partial charge in [-0.05, 0) is 73.7 Å². The molecule has 2 aromatic carbocycles.